The van der Waals surface area contributed by atoms with E-state index in [4.69, 9.17) is 0 Å². The Hall–Kier alpha value is -2.27. The van der Waals surface area contributed by atoms with E-state index in [0.29, 0.717) is 5.56 Å². The first-order chi connectivity index (χ1) is 12.0. The molecule has 0 saturated carbocycles. The average Bonchev–Trinajstić information content (AvgIpc) is 2.62. The molecule has 3 nitrogen and oxygen atoms in total. The molecule has 1 amide bonds. The van der Waals surface area contributed by atoms with Crippen molar-refractivity contribution in [1.82, 2.24) is 5.32 Å². The van der Waals surface area contributed by atoms with Gasteiger partial charge in [0.05, 0.1) is 6.54 Å². The molecule has 0 spiro atoms. The van der Waals surface area contributed by atoms with Crippen molar-refractivity contribution in [1.29, 1.82) is 0 Å². The smallest absolute Gasteiger partial charge is 0.238 e. The fraction of sp³-hybridized carbons (Fsp3) is 0.350. The third-order valence-electron chi connectivity index (χ3n) is 4.28. The zero-order valence-corrected chi connectivity index (χ0v) is 14.8. The van der Waals surface area contributed by atoms with Crippen LogP contribution in [0.25, 0.3) is 0 Å². The molecule has 0 unspecified atom stereocenters. The molecule has 134 valence electrons. The fourth-order valence-electron chi connectivity index (χ4n) is 2.73. The van der Waals surface area contributed by atoms with E-state index in [1.165, 1.54) is 6.07 Å². The summed E-state index contributed by atoms with van der Waals surface area (Å²) in [5.74, 6) is -1.93. The van der Waals surface area contributed by atoms with Crippen LogP contribution < -0.4 is 10.6 Å². The summed E-state index contributed by atoms with van der Waals surface area (Å²) < 4.78 is 26.3. The number of carbonyl (C=O) groups is 1. The first-order valence-electron chi connectivity index (χ1n) is 8.55. The maximum Gasteiger partial charge on any atom is 0.238 e. The number of carbonyl (C=O) groups excluding carboxylic acids is 1. The number of hydrogen-bond acceptors (Lipinski definition) is 2. The van der Waals surface area contributed by atoms with Gasteiger partial charge in [-0.05, 0) is 48.6 Å². The largest absolute Gasteiger partial charge is 0.324 e. The molecule has 0 aliphatic carbocycles. The molecular weight excluding hydrogens is 322 g/mol. The molecule has 0 aliphatic heterocycles. The van der Waals surface area contributed by atoms with Crippen LogP contribution in [0.15, 0.2) is 36.4 Å². The van der Waals surface area contributed by atoms with E-state index >= 15 is 0 Å². The van der Waals surface area contributed by atoms with Gasteiger partial charge < -0.3 is 10.6 Å². The van der Waals surface area contributed by atoms with Crippen molar-refractivity contribution in [2.24, 2.45) is 0 Å². The van der Waals surface area contributed by atoms with E-state index in [1.807, 2.05) is 32.0 Å². The monoisotopic (exact) mass is 346 g/mol. The molecular formula is C20H24F2N2O. The molecule has 0 radical (unpaired) electrons. The predicted molar refractivity (Wildman–Crippen MR) is 96.6 cm³/mol. The second kappa shape index (κ2) is 8.72. The second-order valence-corrected chi connectivity index (χ2v) is 5.98. The van der Waals surface area contributed by atoms with E-state index in [-0.39, 0.29) is 18.5 Å². The fourth-order valence-corrected chi connectivity index (χ4v) is 2.73. The van der Waals surface area contributed by atoms with E-state index < -0.39 is 11.6 Å². The highest BCUT2D eigenvalue weighted by molar-refractivity contribution is 5.93. The summed E-state index contributed by atoms with van der Waals surface area (Å²) in [7, 11) is 0. The summed E-state index contributed by atoms with van der Waals surface area (Å²) in [5, 5.41) is 6.01. The topological polar surface area (TPSA) is 41.1 Å². The number of halogens is 2. The molecule has 1 atom stereocenters. The lowest BCUT2D eigenvalue weighted by Crippen LogP contribution is -2.30. The van der Waals surface area contributed by atoms with E-state index in [0.717, 1.165) is 41.8 Å². The Labute approximate surface area is 147 Å². The van der Waals surface area contributed by atoms with Crippen molar-refractivity contribution in [2.75, 3.05) is 11.9 Å². The lowest BCUT2D eigenvalue weighted by Gasteiger charge is -2.17. The van der Waals surface area contributed by atoms with Crippen LogP contribution in [0.4, 0.5) is 14.5 Å². The molecule has 2 aromatic carbocycles. The lowest BCUT2D eigenvalue weighted by atomic mass is 10.0. The van der Waals surface area contributed by atoms with Gasteiger partial charge in [-0.15, -0.1) is 0 Å². The first-order valence-corrected chi connectivity index (χ1v) is 8.55. The van der Waals surface area contributed by atoms with Crippen molar-refractivity contribution in [2.45, 2.75) is 39.7 Å². The average molecular weight is 346 g/mol. The molecule has 0 aromatic heterocycles. The molecule has 25 heavy (non-hydrogen) atoms. The van der Waals surface area contributed by atoms with Crippen LogP contribution in [0, 0.1) is 11.6 Å². The molecule has 2 aromatic rings. The van der Waals surface area contributed by atoms with Gasteiger partial charge in [0.15, 0.2) is 11.6 Å². The molecule has 2 N–H and O–H groups in total. The zero-order chi connectivity index (χ0) is 18.4. The first kappa shape index (κ1) is 19.1. The van der Waals surface area contributed by atoms with E-state index in [9.17, 15) is 13.6 Å². The Bertz CT molecular complexity index is 724. The molecule has 0 fully saturated rings. The number of hydrogen-bond donors (Lipinski definition) is 2. The number of para-hydroxylation sites is 1. The zero-order valence-electron chi connectivity index (χ0n) is 14.8. The minimum Gasteiger partial charge on any atom is -0.324 e. The van der Waals surface area contributed by atoms with Crippen LogP contribution >= 0.6 is 0 Å². The Morgan fingerprint density at radius 2 is 1.68 bits per heavy atom. The maximum atomic E-state index is 13.3. The van der Waals surface area contributed by atoms with Gasteiger partial charge in [-0.25, -0.2) is 8.78 Å². The van der Waals surface area contributed by atoms with Crippen molar-refractivity contribution < 1.29 is 13.6 Å². The minimum absolute atomic E-state index is 0.0847. The SMILES string of the molecule is CCc1cccc(CC)c1NC(=O)CN[C@@H](C)c1ccc(F)c(F)c1. The lowest BCUT2D eigenvalue weighted by molar-refractivity contribution is -0.115. The molecule has 5 heteroatoms. The van der Waals surface area contributed by atoms with E-state index in [2.05, 4.69) is 10.6 Å². The highest BCUT2D eigenvalue weighted by Crippen LogP contribution is 2.22. The third-order valence-corrected chi connectivity index (χ3v) is 4.28. The van der Waals surface area contributed by atoms with Crippen LogP contribution in [0.5, 0.6) is 0 Å². The Morgan fingerprint density at radius 1 is 1.04 bits per heavy atom. The normalized spacial score (nSPS) is 12.0. The summed E-state index contributed by atoms with van der Waals surface area (Å²) in [6.45, 7) is 5.99. The molecule has 0 heterocycles. The number of nitrogens with one attached hydrogen (secondary N) is 2. The quantitative estimate of drug-likeness (QED) is 0.781. The Morgan fingerprint density at radius 3 is 2.24 bits per heavy atom. The highest BCUT2D eigenvalue weighted by atomic mass is 19.2. The van der Waals surface area contributed by atoms with Gasteiger partial charge in [-0.2, -0.15) is 0 Å². The highest BCUT2D eigenvalue weighted by Gasteiger charge is 2.13. The number of benzene rings is 2. The van der Waals surface area contributed by atoms with Gasteiger partial charge in [0, 0.05) is 11.7 Å². The summed E-state index contributed by atoms with van der Waals surface area (Å²) in [4.78, 5) is 12.3. The van der Waals surface area contributed by atoms with Gasteiger partial charge in [-0.3, -0.25) is 4.79 Å². The summed E-state index contributed by atoms with van der Waals surface area (Å²) in [6.07, 6.45) is 1.67. The van der Waals surface area contributed by atoms with Crippen LogP contribution in [-0.2, 0) is 17.6 Å². The molecule has 2 rings (SSSR count). The second-order valence-electron chi connectivity index (χ2n) is 5.98. The van der Waals surface area contributed by atoms with Gasteiger partial charge in [0.1, 0.15) is 0 Å². The number of amides is 1. The number of anilines is 1. The van der Waals surface area contributed by atoms with Crippen molar-refractivity contribution in [3.63, 3.8) is 0 Å². The van der Waals surface area contributed by atoms with Gasteiger partial charge in [-0.1, -0.05) is 38.1 Å². The number of aryl methyl sites for hydroxylation is 2. The summed E-state index contributed by atoms with van der Waals surface area (Å²) in [5.41, 5.74) is 3.66. The van der Waals surface area contributed by atoms with Crippen LogP contribution in [0.2, 0.25) is 0 Å². The van der Waals surface area contributed by atoms with Gasteiger partial charge in [0.2, 0.25) is 5.91 Å². The van der Waals surface area contributed by atoms with Crippen molar-refractivity contribution in [3.05, 3.63) is 64.7 Å². The van der Waals surface area contributed by atoms with E-state index in [1.54, 1.807) is 6.92 Å². The minimum atomic E-state index is -0.889. The van der Waals surface area contributed by atoms with Gasteiger partial charge in [0.25, 0.3) is 0 Å². The van der Waals surface area contributed by atoms with Gasteiger partial charge >= 0.3 is 0 Å². The van der Waals surface area contributed by atoms with Crippen LogP contribution in [0.1, 0.15) is 43.5 Å². The Balaban J connectivity index is 2.00. The standard InChI is InChI=1S/C20H24F2N2O/c1-4-14-7-6-8-15(5-2)20(14)24-19(25)12-23-13(3)16-9-10-17(21)18(22)11-16/h6-11,13,23H,4-5,12H2,1-3H3,(H,24,25)/t13-/m0/s1. The van der Waals surface area contributed by atoms with Crippen molar-refractivity contribution >= 4 is 11.6 Å². The third kappa shape index (κ3) is 4.86. The van der Waals surface area contributed by atoms with Crippen molar-refractivity contribution in [3.8, 4) is 0 Å². The Kier molecular flexibility index (Phi) is 6.65. The predicted octanol–water partition coefficient (Wildman–Crippen LogP) is 4.38. The number of rotatable bonds is 7. The maximum absolute atomic E-state index is 13.3. The molecule has 0 bridgehead atoms. The molecule has 0 saturated heterocycles. The summed E-state index contributed by atoms with van der Waals surface area (Å²) in [6, 6.07) is 9.48. The summed E-state index contributed by atoms with van der Waals surface area (Å²) >= 11 is 0. The van der Waals surface area contributed by atoms with Crippen LogP contribution in [-0.4, -0.2) is 12.5 Å². The van der Waals surface area contributed by atoms with Crippen LogP contribution in [0.3, 0.4) is 0 Å². The molecule has 0 aliphatic rings.